The minimum absolute atomic E-state index is 0.0338. The van der Waals surface area contributed by atoms with Crippen LogP contribution in [-0.2, 0) is 15.0 Å². The van der Waals surface area contributed by atoms with Crippen molar-refractivity contribution in [2.75, 3.05) is 4.90 Å². The third-order valence-electron chi connectivity index (χ3n) is 5.81. The fraction of sp³-hybridized carbons (Fsp3) is 0.269. The molecule has 1 atom stereocenters. The first-order chi connectivity index (χ1) is 15.1. The monoisotopic (exact) mass is 446 g/mol. The SMILES string of the molecule is Cc1nc(N2C(=O)C(=O)/C(=C(/O)c3ccccc3)C2c2ccc(C(C)(C)C)cc2)sc1C. The zero-order valence-electron chi connectivity index (χ0n) is 18.8. The van der Waals surface area contributed by atoms with Gasteiger partial charge in [-0.25, -0.2) is 4.98 Å². The Morgan fingerprint density at radius 2 is 1.62 bits per heavy atom. The van der Waals surface area contributed by atoms with Gasteiger partial charge in [0.15, 0.2) is 5.13 Å². The fourth-order valence-corrected chi connectivity index (χ4v) is 4.76. The molecule has 1 unspecified atom stereocenters. The molecule has 0 spiro atoms. The summed E-state index contributed by atoms with van der Waals surface area (Å²) in [4.78, 5) is 33.3. The maximum absolute atomic E-state index is 13.2. The Balaban J connectivity index is 1.93. The van der Waals surface area contributed by atoms with Crippen molar-refractivity contribution in [3.8, 4) is 0 Å². The summed E-state index contributed by atoms with van der Waals surface area (Å²) in [7, 11) is 0. The van der Waals surface area contributed by atoms with Crippen molar-refractivity contribution >= 4 is 33.9 Å². The van der Waals surface area contributed by atoms with Crippen LogP contribution in [0, 0.1) is 13.8 Å². The van der Waals surface area contributed by atoms with Gasteiger partial charge in [-0.15, -0.1) is 11.3 Å². The average molecular weight is 447 g/mol. The van der Waals surface area contributed by atoms with Crippen LogP contribution in [0.1, 0.15) is 54.1 Å². The van der Waals surface area contributed by atoms with Crippen LogP contribution in [0.4, 0.5) is 5.13 Å². The molecule has 2 heterocycles. The molecule has 0 saturated carbocycles. The standard InChI is InChI=1S/C26H26N2O3S/c1-15-16(2)32-25(27-15)28-21(17-11-13-19(14-12-17)26(3,4)5)20(23(30)24(28)31)22(29)18-9-7-6-8-10-18/h6-14,21,29H,1-5H3/b22-20+. The molecule has 1 fully saturated rings. The highest BCUT2D eigenvalue weighted by Gasteiger charge is 2.48. The second-order valence-corrected chi connectivity index (χ2v) is 10.2. The molecular weight excluding hydrogens is 420 g/mol. The van der Waals surface area contributed by atoms with Crippen LogP contribution in [0.15, 0.2) is 60.2 Å². The van der Waals surface area contributed by atoms with Crippen LogP contribution in [-0.4, -0.2) is 21.8 Å². The summed E-state index contributed by atoms with van der Waals surface area (Å²) >= 11 is 1.37. The normalized spacial score (nSPS) is 18.4. The van der Waals surface area contributed by atoms with Gasteiger partial charge in [0.2, 0.25) is 0 Å². The van der Waals surface area contributed by atoms with Gasteiger partial charge in [-0.2, -0.15) is 0 Å². The van der Waals surface area contributed by atoms with E-state index in [4.69, 9.17) is 0 Å². The second-order valence-electron chi connectivity index (χ2n) is 9.05. The lowest BCUT2D eigenvalue weighted by Crippen LogP contribution is -2.29. The summed E-state index contributed by atoms with van der Waals surface area (Å²) in [5.41, 5.74) is 3.25. The lowest BCUT2D eigenvalue weighted by molar-refractivity contribution is -0.132. The number of aliphatic hydroxyl groups is 1. The Morgan fingerprint density at radius 3 is 2.16 bits per heavy atom. The van der Waals surface area contributed by atoms with Crippen LogP contribution in [0.25, 0.3) is 5.76 Å². The predicted molar refractivity (Wildman–Crippen MR) is 128 cm³/mol. The van der Waals surface area contributed by atoms with Gasteiger partial charge in [-0.1, -0.05) is 75.4 Å². The van der Waals surface area contributed by atoms with Crippen molar-refractivity contribution < 1.29 is 14.7 Å². The van der Waals surface area contributed by atoms with Gasteiger partial charge in [0.05, 0.1) is 17.3 Å². The predicted octanol–water partition coefficient (Wildman–Crippen LogP) is 5.68. The topological polar surface area (TPSA) is 70.5 Å². The van der Waals surface area contributed by atoms with Crippen molar-refractivity contribution in [2.24, 2.45) is 0 Å². The maximum atomic E-state index is 13.2. The lowest BCUT2D eigenvalue weighted by Gasteiger charge is -2.24. The number of aromatic nitrogens is 1. The van der Waals surface area contributed by atoms with Crippen molar-refractivity contribution in [1.29, 1.82) is 0 Å². The number of aryl methyl sites for hydroxylation is 2. The quantitative estimate of drug-likeness (QED) is 0.319. The first-order valence-electron chi connectivity index (χ1n) is 10.5. The van der Waals surface area contributed by atoms with Crippen LogP contribution in [0.3, 0.4) is 0 Å². The summed E-state index contributed by atoms with van der Waals surface area (Å²) in [6.45, 7) is 10.2. The summed E-state index contributed by atoms with van der Waals surface area (Å²) in [5, 5.41) is 11.6. The first kappa shape index (κ1) is 22.0. The number of nitrogens with zero attached hydrogens (tertiary/aromatic N) is 2. The average Bonchev–Trinajstić information content (AvgIpc) is 3.23. The molecule has 1 saturated heterocycles. The molecule has 3 aromatic rings. The van der Waals surface area contributed by atoms with E-state index in [0.717, 1.165) is 21.7 Å². The minimum Gasteiger partial charge on any atom is -0.507 e. The highest BCUT2D eigenvalue weighted by atomic mass is 32.1. The zero-order valence-corrected chi connectivity index (χ0v) is 19.7. The van der Waals surface area contributed by atoms with Gasteiger partial charge in [0.1, 0.15) is 5.76 Å². The highest BCUT2D eigenvalue weighted by Crippen LogP contribution is 2.44. The number of anilines is 1. The Kier molecular flexibility index (Phi) is 5.51. The molecule has 1 aromatic heterocycles. The van der Waals surface area contributed by atoms with E-state index >= 15 is 0 Å². The van der Waals surface area contributed by atoms with Crippen molar-refractivity contribution in [2.45, 2.75) is 46.1 Å². The molecule has 1 N–H and O–H groups in total. The Morgan fingerprint density at radius 1 is 1.00 bits per heavy atom. The number of aliphatic hydroxyl groups excluding tert-OH is 1. The van der Waals surface area contributed by atoms with Crippen LogP contribution < -0.4 is 4.90 Å². The number of hydrogen-bond acceptors (Lipinski definition) is 5. The van der Waals surface area contributed by atoms with E-state index in [1.165, 1.54) is 16.2 Å². The molecule has 164 valence electrons. The number of carbonyl (C=O) groups is 2. The smallest absolute Gasteiger partial charge is 0.301 e. The molecule has 1 amide bonds. The van der Waals surface area contributed by atoms with Gasteiger partial charge < -0.3 is 5.11 Å². The van der Waals surface area contributed by atoms with Gasteiger partial charge >= 0.3 is 5.91 Å². The molecule has 32 heavy (non-hydrogen) atoms. The van der Waals surface area contributed by atoms with Crippen LogP contribution >= 0.6 is 11.3 Å². The van der Waals surface area contributed by atoms with E-state index in [2.05, 4.69) is 25.8 Å². The highest BCUT2D eigenvalue weighted by molar-refractivity contribution is 7.16. The molecule has 5 nitrogen and oxygen atoms in total. The largest absolute Gasteiger partial charge is 0.507 e. The molecule has 4 rings (SSSR count). The lowest BCUT2D eigenvalue weighted by atomic mass is 9.85. The van der Waals surface area contributed by atoms with Gasteiger partial charge in [-0.05, 0) is 30.4 Å². The minimum atomic E-state index is -0.755. The number of ketones is 1. The number of amides is 1. The molecule has 0 radical (unpaired) electrons. The number of thiazole rings is 1. The van der Waals surface area contributed by atoms with E-state index in [0.29, 0.717) is 10.7 Å². The third kappa shape index (κ3) is 3.75. The molecule has 1 aliphatic heterocycles. The maximum Gasteiger partial charge on any atom is 0.301 e. The summed E-state index contributed by atoms with van der Waals surface area (Å²) in [6, 6.07) is 16.0. The Bertz CT molecular complexity index is 1200. The van der Waals surface area contributed by atoms with Crippen LogP contribution in [0.5, 0.6) is 0 Å². The number of Topliss-reactive ketones (excluding diaryl/α,β-unsaturated/α-hetero) is 1. The third-order valence-corrected chi connectivity index (χ3v) is 6.88. The van der Waals surface area contributed by atoms with Crippen molar-refractivity contribution in [3.63, 3.8) is 0 Å². The summed E-state index contributed by atoms with van der Waals surface area (Å²) in [5.74, 6) is -1.57. The Labute approximate surface area is 192 Å². The molecule has 2 aromatic carbocycles. The number of benzene rings is 2. The molecule has 0 aliphatic carbocycles. The van der Waals surface area contributed by atoms with Gasteiger partial charge in [0.25, 0.3) is 5.78 Å². The summed E-state index contributed by atoms with van der Waals surface area (Å²) in [6.07, 6.45) is 0. The van der Waals surface area contributed by atoms with E-state index in [1.807, 2.05) is 44.2 Å². The number of rotatable bonds is 3. The summed E-state index contributed by atoms with van der Waals surface area (Å²) < 4.78 is 0. The van der Waals surface area contributed by atoms with E-state index in [-0.39, 0.29) is 16.7 Å². The Hall–Kier alpha value is -3.25. The van der Waals surface area contributed by atoms with Gasteiger partial charge in [-0.3, -0.25) is 14.5 Å². The zero-order chi connectivity index (χ0) is 23.2. The van der Waals surface area contributed by atoms with E-state index in [1.54, 1.807) is 24.3 Å². The first-order valence-corrected chi connectivity index (χ1v) is 11.3. The van der Waals surface area contributed by atoms with Crippen molar-refractivity contribution in [1.82, 2.24) is 4.98 Å². The number of carbonyl (C=O) groups excluding carboxylic acids is 2. The molecule has 1 aliphatic rings. The second kappa shape index (κ2) is 8.02. The van der Waals surface area contributed by atoms with E-state index in [9.17, 15) is 14.7 Å². The van der Waals surface area contributed by atoms with Crippen molar-refractivity contribution in [3.05, 3.63) is 87.4 Å². The molecule has 0 bridgehead atoms. The fourth-order valence-electron chi connectivity index (χ4n) is 3.82. The molecule has 6 heteroatoms. The molecular formula is C26H26N2O3S. The van der Waals surface area contributed by atoms with E-state index < -0.39 is 17.7 Å². The van der Waals surface area contributed by atoms with Crippen LogP contribution in [0.2, 0.25) is 0 Å². The number of hydrogen-bond donors (Lipinski definition) is 1. The van der Waals surface area contributed by atoms with Gasteiger partial charge in [0, 0.05) is 10.4 Å².